The van der Waals surface area contributed by atoms with Crippen molar-refractivity contribution in [3.8, 4) is 56.6 Å². The summed E-state index contributed by atoms with van der Waals surface area (Å²) >= 11 is 0. The number of rotatable bonds is 10. The van der Waals surface area contributed by atoms with Crippen LogP contribution in [0.4, 0.5) is 0 Å². The van der Waals surface area contributed by atoms with Gasteiger partial charge >= 0.3 is 0 Å². The van der Waals surface area contributed by atoms with Crippen LogP contribution in [-0.2, 0) is 25.7 Å². The molecule has 6 heterocycles. The van der Waals surface area contributed by atoms with Crippen molar-refractivity contribution in [2.45, 2.75) is 81.1 Å². The smallest absolute Gasteiger partial charge is 0.256 e. The summed E-state index contributed by atoms with van der Waals surface area (Å²) in [4.78, 5) is 0. The summed E-state index contributed by atoms with van der Waals surface area (Å²) in [5, 5.41) is 5.24. The molecule has 0 radical (unpaired) electrons. The maximum Gasteiger partial charge on any atom is 0.256 e. The summed E-state index contributed by atoms with van der Waals surface area (Å²) in [6.45, 7) is 18.5. The molecule has 76 heavy (non-hydrogen) atoms. The van der Waals surface area contributed by atoms with E-state index in [-0.39, 0.29) is 13.4 Å². The van der Waals surface area contributed by atoms with E-state index in [9.17, 15) is 0 Å². The van der Waals surface area contributed by atoms with Crippen LogP contribution < -0.4 is 42.3 Å². The molecule has 0 bridgehead atoms. The van der Waals surface area contributed by atoms with Crippen LogP contribution in [0, 0.1) is 23.7 Å². The Morgan fingerprint density at radius 3 is 1.13 bits per heavy atom. The summed E-state index contributed by atoms with van der Waals surface area (Å²) < 4.78 is 21.0. The molecule has 6 heteroatoms. The maximum atomic E-state index is 7.91. The highest BCUT2D eigenvalue weighted by atomic mass is 16.5. The van der Waals surface area contributed by atoms with Crippen LogP contribution in [0.2, 0.25) is 0 Å². The number of fused-ring (bicyclic) bond motifs is 16. The van der Waals surface area contributed by atoms with E-state index in [0.717, 1.165) is 71.2 Å². The van der Waals surface area contributed by atoms with E-state index in [1.54, 1.807) is 0 Å². The number of hydrogen-bond acceptors (Lipinski definition) is 2. The van der Waals surface area contributed by atoms with Gasteiger partial charge in [0.05, 0.1) is 22.4 Å². The van der Waals surface area contributed by atoms with Crippen molar-refractivity contribution < 1.29 is 9.47 Å². The van der Waals surface area contributed by atoms with Crippen LogP contribution in [0.3, 0.4) is 0 Å². The minimum atomic E-state index is -0.134. The fourth-order valence-electron chi connectivity index (χ4n) is 14.3. The van der Waals surface area contributed by atoms with Crippen molar-refractivity contribution in [1.29, 1.82) is 0 Å². The Kier molecular flexibility index (Phi) is 10.2. The third-order valence-corrected chi connectivity index (χ3v) is 17.0. The zero-order valence-electron chi connectivity index (χ0n) is 45.0. The topological polar surface area (TPSA) is 28.3 Å². The summed E-state index contributed by atoms with van der Waals surface area (Å²) in [5.74, 6) is 5.75. The van der Waals surface area contributed by atoms with E-state index in [1.165, 1.54) is 110 Å². The first kappa shape index (κ1) is 45.7. The standard InChI is InChI=1S/C70H62B2N2O2/c1-39(2)27-43-19-25-59-51(31-43)53-33-45(29-41(5)6)35-57-65(53)73(59)67-63-70(76-61-37-49(21-23-55(61)71(57)63)47-15-11-9-12-16-47)68-64-69(67)75-62-38-50(48-17-13-10-14-18-48)22-24-56(62)72(64)58-36-46(30-42(7)8)34-54-52-32-44(28-40(3)4)20-26-60(52)74(68)66(54)58/h9-26,31-42H,27-30H2,1-8H3. The van der Waals surface area contributed by atoms with Gasteiger partial charge in [0.25, 0.3) is 13.4 Å². The van der Waals surface area contributed by atoms with Gasteiger partial charge in [-0.15, -0.1) is 0 Å². The van der Waals surface area contributed by atoms with Crippen LogP contribution in [-0.4, -0.2) is 22.6 Å². The van der Waals surface area contributed by atoms with E-state index < -0.39 is 0 Å². The fraction of sp³-hybridized carbons (Fsp3) is 0.229. The zero-order chi connectivity index (χ0) is 51.4. The Bertz CT molecular complexity index is 3980. The summed E-state index contributed by atoms with van der Waals surface area (Å²) in [6.07, 6.45) is 4.03. The minimum absolute atomic E-state index is 0.134. The van der Waals surface area contributed by atoms with Gasteiger partial charge in [-0.1, -0.05) is 165 Å². The summed E-state index contributed by atoms with van der Waals surface area (Å²) in [6, 6.07) is 60.4. The van der Waals surface area contributed by atoms with Gasteiger partial charge < -0.3 is 18.6 Å². The highest BCUT2D eigenvalue weighted by molar-refractivity contribution is 7.02. The first-order valence-corrected chi connectivity index (χ1v) is 28.1. The van der Waals surface area contributed by atoms with Crippen molar-refractivity contribution in [3.05, 3.63) is 180 Å². The third kappa shape index (κ3) is 6.78. The average Bonchev–Trinajstić information content (AvgIpc) is 4.11. The zero-order valence-corrected chi connectivity index (χ0v) is 45.0. The Labute approximate surface area is 447 Å². The van der Waals surface area contributed by atoms with Crippen molar-refractivity contribution in [2.24, 2.45) is 23.7 Å². The third-order valence-electron chi connectivity index (χ3n) is 17.0. The molecule has 0 N–H and O–H groups in total. The van der Waals surface area contributed by atoms with Gasteiger partial charge in [-0.3, -0.25) is 0 Å². The van der Waals surface area contributed by atoms with E-state index in [0.29, 0.717) is 23.7 Å². The lowest BCUT2D eigenvalue weighted by atomic mass is 9.31. The van der Waals surface area contributed by atoms with Crippen LogP contribution in [0.15, 0.2) is 158 Å². The molecule has 11 aromatic rings. The number of hydrogen-bond donors (Lipinski definition) is 0. The second kappa shape index (κ2) is 16.9. The largest absolute Gasteiger partial charge is 0.456 e. The molecule has 0 saturated heterocycles. The van der Waals surface area contributed by atoms with Crippen molar-refractivity contribution in [2.75, 3.05) is 0 Å². The predicted octanol–water partition coefficient (Wildman–Crippen LogP) is 13.9. The number of aromatic nitrogens is 2. The van der Waals surface area contributed by atoms with Gasteiger partial charge in [-0.2, -0.15) is 0 Å². The van der Waals surface area contributed by atoms with Crippen molar-refractivity contribution in [1.82, 2.24) is 9.13 Å². The van der Waals surface area contributed by atoms with Crippen LogP contribution >= 0.6 is 0 Å². The Balaban J connectivity index is 1.13. The lowest BCUT2D eigenvalue weighted by Crippen LogP contribution is -2.63. The van der Waals surface area contributed by atoms with Gasteiger partial charge in [0.15, 0.2) is 0 Å². The number of ether oxygens (including phenoxy) is 2. The first-order chi connectivity index (χ1) is 36.9. The second-order valence-electron chi connectivity index (χ2n) is 24.4. The highest BCUT2D eigenvalue weighted by Gasteiger charge is 2.50. The average molecular weight is 985 g/mol. The van der Waals surface area contributed by atoms with Crippen LogP contribution in [0.25, 0.3) is 77.2 Å². The lowest BCUT2D eigenvalue weighted by molar-refractivity contribution is 0.472. The summed E-state index contributed by atoms with van der Waals surface area (Å²) in [5.41, 5.74) is 24.7. The number of benzene rings is 9. The molecule has 9 aromatic carbocycles. The van der Waals surface area contributed by atoms with E-state index in [4.69, 9.17) is 9.47 Å². The maximum absolute atomic E-state index is 7.91. The summed E-state index contributed by atoms with van der Waals surface area (Å²) in [7, 11) is 0. The Hall–Kier alpha value is -7.69. The molecule has 4 aliphatic heterocycles. The van der Waals surface area contributed by atoms with Gasteiger partial charge in [-0.05, 0) is 164 Å². The molecule has 0 unspecified atom stereocenters. The molecule has 0 saturated carbocycles. The molecule has 370 valence electrons. The first-order valence-electron chi connectivity index (χ1n) is 28.1. The molecule has 0 amide bonds. The normalized spacial score (nSPS) is 13.6. The van der Waals surface area contributed by atoms with Gasteiger partial charge in [0, 0.05) is 43.5 Å². The van der Waals surface area contributed by atoms with Crippen molar-refractivity contribution in [3.63, 3.8) is 0 Å². The van der Waals surface area contributed by atoms with E-state index in [1.807, 2.05) is 0 Å². The molecule has 15 rings (SSSR count). The Morgan fingerprint density at radius 1 is 0.355 bits per heavy atom. The molecule has 4 nitrogen and oxygen atoms in total. The molecule has 4 aliphatic rings. The predicted molar refractivity (Wildman–Crippen MR) is 323 cm³/mol. The quantitative estimate of drug-likeness (QED) is 0.128. The molecular formula is C70H62B2N2O2. The fourth-order valence-corrected chi connectivity index (χ4v) is 14.3. The monoisotopic (exact) mass is 984 g/mol. The molecule has 2 aromatic heterocycles. The van der Waals surface area contributed by atoms with Gasteiger partial charge in [0.1, 0.15) is 23.0 Å². The second-order valence-corrected chi connectivity index (χ2v) is 24.4. The molecule has 0 atom stereocenters. The van der Waals surface area contributed by atoms with Crippen LogP contribution in [0.1, 0.15) is 77.6 Å². The van der Waals surface area contributed by atoms with E-state index in [2.05, 4.69) is 222 Å². The molecular weight excluding hydrogens is 922 g/mol. The lowest BCUT2D eigenvalue weighted by Gasteiger charge is -2.41. The molecule has 0 aliphatic carbocycles. The van der Waals surface area contributed by atoms with E-state index >= 15 is 0 Å². The highest BCUT2D eigenvalue weighted by Crippen LogP contribution is 2.49. The number of nitrogens with zero attached hydrogens (tertiary/aromatic N) is 2. The Morgan fingerprint density at radius 2 is 0.737 bits per heavy atom. The van der Waals surface area contributed by atoms with Gasteiger partial charge in [-0.25, -0.2) is 0 Å². The SMILES string of the molecule is CC(C)Cc1ccc2c(c1)c1cc(CC(C)C)cc3c1n2-c1c2c4c(c5c1B3c1ccc(-c3ccccc3)cc1O5)-n1c3ccc(CC(C)C)cc3c3cc(CC(C)C)cc(c31)B4c1ccc(-c3ccccc3)cc1O2. The molecule has 0 fully saturated rings. The van der Waals surface area contributed by atoms with Crippen LogP contribution in [0.5, 0.6) is 23.0 Å². The van der Waals surface area contributed by atoms with Crippen molar-refractivity contribution >= 4 is 89.8 Å². The van der Waals surface area contributed by atoms with Gasteiger partial charge in [0.2, 0.25) is 0 Å². The molecule has 0 spiro atoms. The minimum Gasteiger partial charge on any atom is -0.456 e.